The van der Waals surface area contributed by atoms with E-state index in [0.29, 0.717) is 12.6 Å². The first kappa shape index (κ1) is 21.3. The van der Waals surface area contributed by atoms with Crippen LogP contribution in [0.15, 0.2) is 29.6 Å². The van der Waals surface area contributed by atoms with Gasteiger partial charge in [-0.15, -0.1) is 23.7 Å². The van der Waals surface area contributed by atoms with Crippen molar-refractivity contribution < 1.29 is 9.47 Å². The molecule has 2 saturated heterocycles. The van der Waals surface area contributed by atoms with Gasteiger partial charge in [0.2, 0.25) is 0 Å². The molecule has 3 heterocycles. The van der Waals surface area contributed by atoms with Crippen molar-refractivity contribution >= 4 is 23.7 Å². The Balaban J connectivity index is 0.00000225. The Bertz CT molecular complexity index is 721. The minimum atomic E-state index is 0. The van der Waals surface area contributed by atoms with Crippen molar-refractivity contribution in [2.24, 2.45) is 0 Å². The van der Waals surface area contributed by atoms with Crippen LogP contribution in [0.2, 0.25) is 0 Å². The molecule has 0 aliphatic carbocycles. The third kappa shape index (κ3) is 5.58. The number of rotatable bonds is 7. The summed E-state index contributed by atoms with van der Waals surface area (Å²) in [6.07, 6.45) is 1.28. The second kappa shape index (κ2) is 10.4. The highest BCUT2D eigenvalue weighted by molar-refractivity contribution is 7.09. The number of nitrogens with one attached hydrogen (secondary N) is 1. The SMILES string of the molecule is COc1ccc(OCc2nc(CN3CCC(N4CCNCC4)C3)cs2)cc1.Cl. The largest absolute Gasteiger partial charge is 0.497 e. The summed E-state index contributed by atoms with van der Waals surface area (Å²) >= 11 is 1.68. The van der Waals surface area contributed by atoms with E-state index >= 15 is 0 Å². The van der Waals surface area contributed by atoms with E-state index in [1.165, 1.54) is 26.1 Å². The molecule has 4 rings (SSSR count). The molecule has 8 heteroatoms. The first-order chi connectivity index (χ1) is 13.3. The molecule has 2 fully saturated rings. The van der Waals surface area contributed by atoms with Crippen LogP contribution in [0.5, 0.6) is 11.5 Å². The van der Waals surface area contributed by atoms with Gasteiger partial charge in [-0.05, 0) is 30.7 Å². The van der Waals surface area contributed by atoms with E-state index in [1.807, 2.05) is 24.3 Å². The smallest absolute Gasteiger partial charge is 0.140 e. The lowest BCUT2D eigenvalue weighted by atomic mass is 10.2. The molecular weight excluding hydrogens is 396 g/mol. The fourth-order valence-corrected chi connectivity index (χ4v) is 4.53. The lowest BCUT2D eigenvalue weighted by Gasteiger charge is -2.32. The van der Waals surface area contributed by atoms with Crippen molar-refractivity contribution in [1.82, 2.24) is 20.1 Å². The molecule has 2 aliphatic heterocycles. The topological polar surface area (TPSA) is 49.9 Å². The van der Waals surface area contributed by atoms with E-state index in [-0.39, 0.29) is 12.4 Å². The van der Waals surface area contributed by atoms with Crippen molar-refractivity contribution in [3.8, 4) is 11.5 Å². The summed E-state index contributed by atoms with van der Waals surface area (Å²) < 4.78 is 11.0. The summed E-state index contributed by atoms with van der Waals surface area (Å²) in [5.41, 5.74) is 1.16. The molecule has 0 saturated carbocycles. The fraction of sp³-hybridized carbons (Fsp3) is 0.550. The molecule has 0 bridgehead atoms. The maximum Gasteiger partial charge on any atom is 0.140 e. The fourth-order valence-electron chi connectivity index (χ4n) is 3.84. The van der Waals surface area contributed by atoms with Crippen LogP contribution in [0.3, 0.4) is 0 Å². The molecule has 0 amide bonds. The van der Waals surface area contributed by atoms with Crippen molar-refractivity contribution in [2.75, 3.05) is 46.4 Å². The average molecular weight is 425 g/mol. The second-order valence-electron chi connectivity index (χ2n) is 7.16. The van der Waals surface area contributed by atoms with Gasteiger partial charge in [0.1, 0.15) is 23.1 Å². The molecule has 1 N–H and O–H groups in total. The number of methoxy groups -OCH3 is 1. The van der Waals surface area contributed by atoms with Gasteiger partial charge >= 0.3 is 0 Å². The molecule has 0 radical (unpaired) electrons. The van der Waals surface area contributed by atoms with E-state index in [1.54, 1.807) is 18.4 Å². The van der Waals surface area contributed by atoms with Crippen LogP contribution < -0.4 is 14.8 Å². The van der Waals surface area contributed by atoms with Crippen LogP contribution in [0.25, 0.3) is 0 Å². The van der Waals surface area contributed by atoms with Gasteiger partial charge in [0.15, 0.2) is 0 Å². The van der Waals surface area contributed by atoms with Crippen molar-refractivity contribution in [3.63, 3.8) is 0 Å². The van der Waals surface area contributed by atoms with Crippen LogP contribution in [0.4, 0.5) is 0 Å². The maximum atomic E-state index is 5.84. The van der Waals surface area contributed by atoms with Crippen LogP contribution in [0.1, 0.15) is 17.1 Å². The van der Waals surface area contributed by atoms with Gasteiger partial charge in [0, 0.05) is 57.2 Å². The van der Waals surface area contributed by atoms with Crippen molar-refractivity contribution in [2.45, 2.75) is 25.6 Å². The minimum Gasteiger partial charge on any atom is -0.497 e. The predicted molar refractivity (Wildman–Crippen MR) is 115 cm³/mol. The number of hydrogen-bond acceptors (Lipinski definition) is 7. The normalized spacial score (nSPS) is 20.7. The first-order valence-corrected chi connectivity index (χ1v) is 10.6. The van der Waals surface area contributed by atoms with E-state index in [4.69, 9.17) is 14.5 Å². The molecular formula is C20H29ClN4O2S. The number of thiazole rings is 1. The maximum absolute atomic E-state index is 5.84. The highest BCUT2D eigenvalue weighted by Gasteiger charge is 2.28. The van der Waals surface area contributed by atoms with Crippen LogP contribution >= 0.6 is 23.7 Å². The number of aromatic nitrogens is 1. The zero-order chi connectivity index (χ0) is 18.5. The zero-order valence-electron chi connectivity index (χ0n) is 16.3. The van der Waals surface area contributed by atoms with Gasteiger partial charge in [-0.1, -0.05) is 0 Å². The molecule has 28 heavy (non-hydrogen) atoms. The number of ether oxygens (including phenoxy) is 2. The number of piperazine rings is 1. The monoisotopic (exact) mass is 424 g/mol. The number of halogens is 1. The van der Waals surface area contributed by atoms with Gasteiger partial charge in [-0.2, -0.15) is 0 Å². The predicted octanol–water partition coefficient (Wildman–Crippen LogP) is 2.63. The molecule has 154 valence electrons. The zero-order valence-corrected chi connectivity index (χ0v) is 17.9. The minimum absolute atomic E-state index is 0. The summed E-state index contributed by atoms with van der Waals surface area (Å²) in [7, 11) is 1.67. The van der Waals surface area contributed by atoms with Crippen LogP contribution in [-0.4, -0.2) is 67.2 Å². The lowest BCUT2D eigenvalue weighted by molar-refractivity contribution is 0.170. The van der Waals surface area contributed by atoms with E-state index in [9.17, 15) is 0 Å². The van der Waals surface area contributed by atoms with Crippen molar-refractivity contribution in [1.29, 1.82) is 0 Å². The molecule has 2 aliphatic rings. The van der Waals surface area contributed by atoms with E-state index < -0.39 is 0 Å². The number of hydrogen-bond donors (Lipinski definition) is 1. The molecule has 0 spiro atoms. The first-order valence-electron chi connectivity index (χ1n) is 9.67. The third-order valence-corrected chi connectivity index (χ3v) is 6.19. The van der Waals surface area contributed by atoms with Crippen LogP contribution in [-0.2, 0) is 13.2 Å². The second-order valence-corrected chi connectivity index (χ2v) is 8.10. The Kier molecular flexibility index (Phi) is 7.93. The molecule has 1 aromatic heterocycles. The highest BCUT2D eigenvalue weighted by Crippen LogP contribution is 2.21. The number of likely N-dealkylation sites (tertiary alicyclic amines) is 1. The standard InChI is InChI=1S/C20H28N4O2S.ClH/c1-25-18-2-4-19(5-3-18)26-14-20-22-16(15-27-20)12-23-9-6-17(13-23)24-10-7-21-8-11-24;/h2-5,15,17,21H,6-14H2,1H3;1H. The van der Waals surface area contributed by atoms with Gasteiger partial charge in [-0.3, -0.25) is 9.80 Å². The Hall–Kier alpha value is -1.38. The summed E-state index contributed by atoms with van der Waals surface area (Å²) in [5.74, 6) is 1.68. The van der Waals surface area contributed by atoms with Gasteiger partial charge in [0.25, 0.3) is 0 Å². The number of benzene rings is 1. The summed E-state index contributed by atoms with van der Waals surface area (Å²) in [5, 5.41) is 6.64. The summed E-state index contributed by atoms with van der Waals surface area (Å²) in [6.45, 7) is 8.41. The summed E-state index contributed by atoms with van der Waals surface area (Å²) in [6, 6.07) is 8.38. The van der Waals surface area contributed by atoms with E-state index in [0.717, 1.165) is 48.4 Å². The van der Waals surface area contributed by atoms with Gasteiger partial charge in [-0.25, -0.2) is 4.98 Å². The Morgan fingerprint density at radius 1 is 1.14 bits per heavy atom. The molecule has 1 unspecified atom stereocenters. The molecule has 1 aromatic carbocycles. The Morgan fingerprint density at radius 2 is 1.89 bits per heavy atom. The third-order valence-electron chi connectivity index (χ3n) is 5.32. The molecule has 1 atom stereocenters. The van der Waals surface area contributed by atoms with E-state index in [2.05, 4.69) is 20.5 Å². The Morgan fingerprint density at radius 3 is 2.64 bits per heavy atom. The Labute approximate surface area is 177 Å². The number of nitrogens with zero attached hydrogens (tertiary/aromatic N) is 3. The average Bonchev–Trinajstić information content (AvgIpc) is 3.37. The van der Waals surface area contributed by atoms with Crippen LogP contribution in [0, 0.1) is 0 Å². The quantitative estimate of drug-likeness (QED) is 0.737. The summed E-state index contributed by atoms with van der Waals surface area (Å²) in [4.78, 5) is 9.95. The molecule has 2 aromatic rings. The lowest BCUT2D eigenvalue weighted by Crippen LogP contribution is -2.49. The molecule has 6 nitrogen and oxygen atoms in total. The van der Waals surface area contributed by atoms with Gasteiger partial charge in [0.05, 0.1) is 12.8 Å². The highest BCUT2D eigenvalue weighted by atomic mass is 35.5. The van der Waals surface area contributed by atoms with Gasteiger partial charge < -0.3 is 14.8 Å². The van der Waals surface area contributed by atoms with Crippen molar-refractivity contribution in [3.05, 3.63) is 40.3 Å².